The van der Waals surface area contributed by atoms with Gasteiger partial charge in [0.05, 0.1) is 17.6 Å². The molecule has 0 aliphatic carbocycles. The van der Waals surface area contributed by atoms with Crippen molar-refractivity contribution in [2.45, 2.75) is 6.10 Å². The number of nitrogens with zero attached hydrogens (tertiary/aromatic N) is 2. The third-order valence-electron chi connectivity index (χ3n) is 3.23. The van der Waals surface area contributed by atoms with Gasteiger partial charge in [-0.05, 0) is 19.2 Å². The van der Waals surface area contributed by atoms with Gasteiger partial charge in [-0.2, -0.15) is 0 Å². The molecule has 1 atom stereocenters. The van der Waals surface area contributed by atoms with Crippen LogP contribution >= 0.6 is 0 Å². The topological polar surface area (TPSA) is 84.7 Å². The number of carbonyl (C=O) groups excluding carboxylic acids is 1. The molecule has 114 valence electrons. The summed E-state index contributed by atoms with van der Waals surface area (Å²) in [7, 11) is 1.94. The molecule has 21 heavy (non-hydrogen) atoms. The molecule has 1 N–H and O–H groups in total. The van der Waals surface area contributed by atoms with Gasteiger partial charge in [0.1, 0.15) is 11.4 Å². The first-order valence-electron chi connectivity index (χ1n) is 6.49. The summed E-state index contributed by atoms with van der Waals surface area (Å²) in [6.45, 7) is 2.26. The summed E-state index contributed by atoms with van der Waals surface area (Å²) in [5.74, 6) is -1.38. The van der Waals surface area contributed by atoms with Crippen LogP contribution in [0.3, 0.4) is 0 Å². The predicted molar refractivity (Wildman–Crippen MR) is 72.6 cm³/mol. The molecule has 1 aliphatic rings. The second kappa shape index (κ2) is 6.59. The Morgan fingerprint density at radius 2 is 2.38 bits per heavy atom. The van der Waals surface area contributed by atoms with Gasteiger partial charge < -0.3 is 15.0 Å². The SMILES string of the molecule is CN1CCOC(CNC(=O)c2cc(F)ccc2[N+](=O)[O-])C1. The average Bonchev–Trinajstić information content (AvgIpc) is 2.44. The lowest BCUT2D eigenvalue weighted by Crippen LogP contribution is -2.46. The number of hydrogen-bond acceptors (Lipinski definition) is 5. The highest BCUT2D eigenvalue weighted by atomic mass is 19.1. The van der Waals surface area contributed by atoms with E-state index in [9.17, 15) is 19.3 Å². The quantitative estimate of drug-likeness (QED) is 0.656. The lowest BCUT2D eigenvalue weighted by atomic mass is 10.1. The smallest absolute Gasteiger partial charge is 0.282 e. The number of amides is 1. The number of nitro benzene ring substituents is 1. The molecule has 1 aromatic rings. The average molecular weight is 297 g/mol. The maximum Gasteiger partial charge on any atom is 0.282 e. The molecule has 2 rings (SSSR count). The molecular weight excluding hydrogens is 281 g/mol. The van der Waals surface area contributed by atoms with Crippen LogP contribution in [0.5, 0.6) is 0 Å². The highest BCUT2D eigenvalue weighted by molar-refractivity contribution is 5.98. The molecule has 0 aromatic heterocycles. The Morgan fingerprint density at radius 3 is 3.05 bits per heavy atom. The number of ether oxygens (including phenoxy) is 1. The van der Waals surface area contributed by atoms with E-state index >= 15 is 0 Å². The zero-order valence-corrected chi connectivity index (χ0v) is 11.5. The van der Waals surface area contributed by atoms with E-state index in [2.05, 4.69) is 10.2 Å². The van der Waals surface area contributed by atoms with Crippen molar-refractivity contribution >= 4 is 11.6 Å². The Balaban J connectivity index is 2.03. The molecule has 0 radical (unpaired) electrons. The summed E-state index contributed by atoms with van der Waals surface area (Å²) in [4.78, 5) is 24.2. The molecule has 1 unspecified atom stereocenters. The van der Waals surface area contributed by atoms with Gasteiger partial charge in [-0.15, -0.1) is 0 Å². The van der Waals surface area contributed by atoms with Gasteiger partial charge in [0, 0.05) is 25.7 Å². The molecule has 1 aliphatic heterocycles. The molecule has 1 fully saturated rings. The molecular formula is C13H16FN3O4. The van der Waals surface area contributed by atoms with Gasteiger partial charge in [0.2, 0.25) is 0 Å². The van der Waals surface area contributed by atoms with Crippen molar-refractivity contribution in [2.24, 2.45) is 0 Å². The number of rotatable bonds is 4. The van der Waals surface area contributed by atoms with Crippen molar-refractivity contribution in [3.63, 3.8) is 0 Å². The first-order chi connectivity index (χ1) is 9.97. The van der Waals surface area contributed by atoms with Crippen molar-refractivity contribution in [2.75, 3.05) is 33.3 Å². The van der Waals surface area contributed by atoms with Crippen molar-refractivity contribution in [1.82, 2.24) is 10.2 Å². The molecule has 1 amide bonds. The predicted octanol–water partition coefficient (Wildman–Crippen LogP) is 0.794. The third-order valence-corrected chi connectivity index (χ3v) is 3.23. The highest BCUT2D eigenvalue weighted by Gasteiger charge is 2.23. The number of benzene rings is 1. The molecule has 1 heterocycles. The summed E-state index contributed by atoms with van der Waals surface area (Å²) in [5.41, 5.74) is -0.709. The van der Waals surface area contributed by atoms with E-state index in [0.29, 0.717) is 13.2 Å². The van der Waals surface area contributed by atoms with Crippen molar-refractivity contribution in [3.8, 4) is 0 Å². The van der Waals surface area contributed by atoms with E-state index in [1.165, 1.54) is 0 Å². The Morgan fingerprint density at radius 1 is 1.62 bits per heavy atom. The van der Waals surface area contributed by atoms with Crippen LogP contribution in [0.25, 0.3) is 0 Å². The number of nitrogens with one attached hydrogen (secondary N) is 1. The summed E-state index contributed by atoms with van der Waals surface area (Å²) in [6.07, 6.45) is -0.180. The van der Waals surface area contributed by atoms with Crippen LogP contribution in [0.1, 0.15) is 10.4 Å². The Hall–Kier alpha value is -2.06. The second-order valence-corrected chi connectivity index (χ2v) is 4.88. The normalized spacial score (nSPS) is 19.2. The number of likely N-dealkylation sites (N-methyl/N-ethyl adjacent to an activating group) is 1. The molecule has 7 nitrogen and oxygen atoms in total. The van der Waals surface area contributed by atoms with Gasteiger partial charge >= 0.3 is 0 Å². The first-order valence-corrected chi connectivity index (χ1v) is 6.49. The van der Waals surface area contributed by atoms with Crippen LogP contribution in [-0.2, 0) is 4.74 Å². The van der Waals surface area contributed by atoms with E-state index in [1.807, 2.05) is 7.05 Å². The molecule has 8 heteroatoms. The second-order valence-electron chi connectivity index (χ2n) is 4.88. The zero-order chi connectivity index (χ0) is 15.4. The standard InChI is InChI=1S/C13H16FN3O4/c1-16-4-5-21-10(8-16)7-15-13(18)11-6-9(14)2-3-12(11)17(19)20/h2-3,6,10H,4-5,7-8H2,1H3,(H,15,18). The fourth-order valence-electron chi connectivity index (χ4n) is 2.14. The summed E-state index contributed by atoms with van der Waals surface area (Å²) in [5, 5.41) is 13.4. The van der Waals surface area contributed by atoms with Gasteiger partial charge in [-0.1, -0.05) is 0 Å². The summed E-state index contributed by atoms with van der Waals surface area (Å²) < 4.78 is 18.7. The Bertz CT molecular complexity index is 552. The third kappa shape index (κ3) is 3.96. The first kappa shape index (κ1) is 15.3. The molecule has 1 saturated heterocycles. The van der Waals surface area contributed by atoms with Crippen LogP contribution < -0.4 is 5.32 Å². The number of morpholine rings is 1. The van der Waals surface area contributed by atoms with Crippen LogP contribution in [0, 0.1) is 15.9 Å². The minimum Gasteiger partial charge on any atom is -0.374 e. The largest absolute Gasteiger partial charge is 0.374 e. The maximum atomic E-state index is 13.2. The fraction of sp³-hybridized carbons (Fsp3) is 0.462. The minimum atomic E-state index is -0.709. The Kier molecular flexibility index (Phi) is 4.81. The van der Waals surface area contributed by atoms with Crippen molar-refractivity contribution < 1.29 is 18.8 Å². The fourth-order valence-corrected chi connectivity index (χ4v) is 2.14. The van der Waals surface area contributed by atoms with Crippen molar-refractivity contribution in [1.29, 1.82) is 0 Å². The monoisotopic (exact) mass is 297 g/mol. The van der Waals surface area contributed by atoms with E-state index in [-0.39, 0.29) is 18.2 Å². The number of hydrogen-bond donors (Lipinski definition) is 1. The lowest BCUT2D eigenvalue weighted by molar-refractivity contribution is -0.385. The van der Waals surface area contributed by atoms with Gasteiger partial charge in [-0.3, -0.25) is 14.9 Å². The number of nitro groups is 1. The zero-order valence-electron chi connectivity index (χ0n) is 11.5. The van der Waals surface area contributed by atoms with Gasteiger partial charge in [0.25, 0.3) is 11.6 Å². The molecule has 0 bridgehead atoms. The van der Waals surface area contributed by atoms with Crippen LogP contribution in [-0.4, -0.2) is 55.1 Å². The summed E-state index contributed by atoms with van der Waals surface area (Å²) in [6, 6.07) is 2.80. The van der Waals surface area contributed by atoms with Gasteiger partial charge in [-0.25, -0.2) is 4.39 Å². The Labute approximate surface area is 120 Å². The molecule has 1 aromatic carbocycles. The number of carbonyl (C=O) groups is 1. The van der Waals surface area contributed by atoms with Gasteiger partial charge in [0.15, 0.2) is 0 Å². The van der Waals surface area contributed by atoms with Crippen molar-refractivity contribution in [3.05, 3.63) is 39.7 Å². The summed E-state index contributed by atoms with van der Waals surface area (Å²) >= 11 is 0. The molecule has 0 spiro atoms. The van der Waals surface area contributed by atoms with Crippen LogP contribution in [0.15, 0.2) is 18.2 Å². The van der Waals surface area contributed by atoms with E-state index in [0.717, 1.165) is 24.7 Å². The van der Waals surface area contributed by atoms with Crippen LogP contribution in [0.2, 0.25) is 0 Å². The van der Waals surface area contributed by atoms with Crippen LogP contribution in [0.4, 0.5) is 10.1 Å². The number of halogens is 1. The minimum absolute atomic E-state index is 0.180. The maximum absolute atomic E-state index is 13.2. The molecule has 0 saturated carbocycles. The highest BCUT2D eigenvalue weighted by Crippen LogP contribution is 2.19. The van der Waals surface area contributed by atoms with E-state index in [4.69, 9.17) is 4.74 Å². The lowest BCUT2D eigenvalue weighted by Gasteiger charge is -2.30. The van der Waals surface area contributed by atoms with E-state index < -0.39 is 22.3 Å². The van der Waals surface area contributed by atoms with E-state index in [1.54, 1.807) is 0 Å².